The summed E-state index contributed by atoms with van der Waals surface area (Å²) in [5.74, 6) is -0.768. The van der Waals surface area contributed by atoms with E-state index in [4.69, 9.17) is 16.3 Å². The van der Waals surface area contributed by atoms with Crippen LogP contribution in [0.4, 0.5) is 5.00 Å². The predicted molar refractivity (Wildman–Crippen MR) is 114 cm³/mol. The van der Waals surface area contributed by atoms with Gasteiger partial charge in [0.2, 0.25) is 5.91 Å². The molecule has 0 radical (unpaired) electrons. The van der Waals surface area contributed by atoms with E-state index in [-0.39, 0.29) is 17.1 Å². The molecule has 1 heterocycles. The molecule has 29 heavy (non-hydrogen) atoms. The summed E-state index contributed by atoms with van der Waals surface area (Å²) >= 11 is 7.16. The SMILES string of the molecule is COC(=O)c1c(NC(=O)CCS(=O)(=O)c2ccc(Cl)cc2)sc2c1CC[C@H](C)C2. The molecule has 1 aromatic heterocycles. The van der Waals surface area contributed by atoms with Gasteiger partial charge in [0.15, 0.2) is 9.84 Å². The van der Waals surface area contributed by atoms with Crippen LogP contribution in [0.3, 0.4) is 0 Å². The molecule has 9 heteroatoms. The zero-order valence-electron chi connectivity index (χ0n) is 16.2. The topological polar surface area (TPSA) is 89.5 Å². The molecule has 1 aromatic carbocycles. The summed E-state index contributed by atoms with van der Waals surface area (Å²) in [6, 6.07) is 5.82. The molecule has 0 aliphatic heterocycles. The summed E-state index contributed by atoms with van der Waals surface area (Å²) in [5.41, 5.74) is 1.33. The van der Waals surface area contributed by atoms with Gasteiger partial charge in [0.1, 0.15) is 5.00 Å². The zero-order chi connectivity index (χ0) is 21.2. The van der Waals surface area contributed by atoms with Crippen molar-refractivity contribution in [1.29, 1.82) is 0 Å². The van der Waals surface area contributed by atoms with Crippen LogP contribution in [-0.2, 0) is 32.2 Å². The van der Waals surface area contributed by atoms with E-state index in [9.17, 15) is 18.0 Å². The lowest BCUT2D eigenvalue weighted by atomic mass is 9.88. The maximum Gasteiger partial charge on any atom is 0.341 e. The highest BCUT2D eigenvalue weighted by atomic mass is 35.5. The number of hydrogen-bond donors (Lipinski definition) is 1. The van der Waals surface area contributed by atoms with Gasteiger partial charge in [0.25, 0.3) is 0 Å². The first-order valence-corrected chi connectivity index (χ1v) is 12.1. The highest BCUT2D eigenvalue weighted by molar-refractivity contribution is 7.91. The fourth-order valence-corrected chi connectivity index (χ4v) is 6.11. The minimum atomic E-state index is -3.61. The van der Waals surface area contributed by atoms with E-state index in [1.807, 2.05) is 0 Å². The molecule has 2 aromatic rings. The maximum absolute atomic E-state index is 12.4. The van der Waals surface area contributed by atoms with E-state index in [1.54, 1.807) is 0 Å². The van der Waals surface area contributed by atoms with Crippen LogP contribution in [0.15, 0.2) is 29.2 Å². The van der Waals surface area contributed by atoms with Gasteiger partial charge in [-0.2, -0.15) is 0 Å². The molecule has 0 fully saturated rings. The monoisotopic (exact) mass is 455 g/mol. The maximum atomic E-state index is 12.4. The lowest BCUT2D eigenvalue weighted by Crippen LogP contribution is -2.19. The van der Waals surface area contributed by atoms with Crippen molar-refractivity contribution >= 4 is 49.7 Å². The smallest absolute Gasteiger partial charge is 0.341 e. The number of thiophene rings is 1. The van der Waals surface area contributed by atoms with Gasteiger partial charge in [-0.1, -0.05) is 18.5 Å². The second kappa shape index (κ2) is 8.85. The Labute approximate surface area is 179 Å². The number of carbonyl (C=O) groups is 2. The third-order valence-electron chi connectivity index (χ3n) is 4.92. The van der Waals surface area contributed by atoms with Crippen molar-refractivity contribution in [3.05, 3.63) is 45.3 Å². The average molecular weight is 456 g/mol. The Morgan fingerprint density at radius 2 is 1.97 bits per heavy atom. The van der Waals surface area contributed by atoms with Crippen molar-refractivity contribution in [3.8, 4) is 0 Å². The summed E-state index contributed by atoms with van der Waals surface area (Å²) in [5, 5.41) is 3.60. The normalized spacial score (nSPS) is 16.2. The van der Waals surface area contributed by atoms with Crippen LogP contribution >= 0.6 is 22.9 Å². The molecule has 0 spiro atoms. The Hall–Kier alpha value is -1.90. The molecular weight excluding hydrogens is 434 g/mol. The number of fused-ring (bicyclic) bond motifs is 1. The van der Waals surface area contributed by atoms with Gasteiger partial charge in [0.05, 0.1) is 23.3 Å². The van der Waals surface area contributed by atoms with Crippen molar-refractivity contribution < 1.29 is 22.7 Å². The Bertz CT molecular complexity index is 1030. The largest absolute Gasteiger partial charge is 0.465 e. The number of rotatable bonds is 6. The first-order chi connectivity index (χ1) is 13.7. The number of methoxy groups -OCH3 is 1. The molecule has 1 atom stereocenters. The summed E-state index contributed by atoms with van der Waals surface area (Å²) in [6.07, 6.45) is 2.37. The zero-order valence-corrected chi connectivity index (χ0v) is 18.5. The number of sulfone groups is 1. The molecule has 6 nitrogen and oxygen atoms in total. The van der Waals surface area contributed by atoms with Crippen LogP contribution in [0.2, 0.25) is 5.02 Å². The molecule has 156 valence electrons. The fourth-order valence-electron chi connectivity index (χ4n) is 3.33. The van der Waals surface area contributed by atoms with Gasteiger partial charge in [0, 0.05) is 16.3 Å². The van der Waals surface area contributed by atoms with Crippen LogP contribution in [0, 0.1) is 5.92 Å². The molecule has 1 aliphatic carbocycles. The van der Waals surface area contributed by atoms with Crippen LogP contribution in [0.5, 0.6) is 0 Å². The minimum Gasteiger partial charge on any atom is -0.465 e. The molecule has 1 amide bonds. The second-order valence-electron chi connectivity index (χ2n) is 7.12. The highest BCUT2D eigenvalue weighted by Gasteiger charge is 2.29. The van der Waals surface area contributed by atoms with E-state index in [2.05, 4.69) is 12.2 Å². The molecule has 0 saturated heterocycles. The average Bonchev–Trinajstić information content (AvgIpc) is 3.03. The molecule has 1 N–H and O–H groups in total. The van der Waals surface area contributed by atoms with E-state index in [1.165, 1.54) is 42.7 Å². The molecule has 3 rings (SSSR count). The van der Waals surface area contributed by atoms with Crippen LogP contribution in [-0.4, -0.2) is 33.2 Å². The highest BCUT2D eigenvalue weighted by Crippen LogP contribution is 2.40. The Morgan fingerprint density at radius 3 is 2.62 bits per heavy atom. The fraction of sp³-hybridized carbons (Fsp3) is 0.400. The van der Waals surface area contributed by atoms with Gasteiger partial charge >= 0.3 is 5.97 Å². The number of hydrogen-bond acceptors (Lipinski definition) is 6. The van der Waals surface area contributed by atoms with E-state index >= 15 is 0 Å². The number of benzene rings is 1. The van der Waals surface area contributed by atoms with Crippen molar-refractivity contribution in [1.82, 2.24) is 0 Å². The summed E-state index contributed by atoms with van der Waals surface area (Å²) in [6.45, 7) is 2.15. The van der Waals surface area contributed by atoms with Crippen LogP contribution < -0.4 is 5.32 Å². The Kier molecular flexibility index (Phi) is 6.65. The number of halogens is 1. The number of nitrogens with one attached hydrogen (secondary N) is 1. The summed E-state index contributed by atoms with van der Waals surface area (Å²) in [7, 11) is -2.31. The van der Waals surface area contributed by atoms with Gasteiger partial charge in [-0.25, -0.2) is 13.2 Å². The van der Waals surface area contributed by atoms with Gasteiger partial charge < -0.3 is 10.1 Å². The predicted octanol–water partition coefficient (Wildman–Crippen LogP) is 4.12. The van der Waals surface area contributed by atoms with Crippen molar-refractivity contribution in [2.75, 3.05) is 18.2 Å². The van der Waals surface area contributed by atoms with Gasteiger partial charge in [-0.05, 0) is 55.0 Å². The minimum absolute atomic E-state index is 0.116. The number of amides is 1. The molecule has 0 unspecified atom stereocenters. The lowest BCUT2D eigenvalue weighted by Gasteiger charge is -2.18. The number of ether oxygens (including phenoxy) is 1. The second-order valence-corrected chi connectivity index (χ2v) is 10.8. The molecule has 0 bridgehead atoms. The summed E-state index contributed by atoms with van der Waals surface area (Å²) in [4.78, 5) is 25.9. The first kappa shape index (κ1) is 21.8. The number of esters is 1. The first-order valence-electron chi connectivity index (χ1n) is 9.22. The van der Waals surface area contributed by atoms with E-state index < -0.39 is 21.7 Å². The quantitative estimate of drug-likeness (QED) is 0.662. The molecule has 1 aliphatic rings. The Balaban J connectivity index is 1.73. The number of anilines is 1. The number of carbonyl (C=O) groups excluding carboxylic acids is 2. The van der Waals surface area contributed by atoms with Gasteiger partial charge in [-0.15, -0.1) is 11.3 Å². The van der Waals surface area contributed by atoms with Crippen LogP contribution in [0.25, 0.3) is 0 Å². The summed E-state index contributed by atoms with van der Waals surface area (Å²) < 4.78 is 29.7. The standard InChI is InChI=1S/C20H22ClNO5S2/c1-12-3-8-15-16(11-12)28-19(18(15)20(24)27-2)22-17(23)9-10-29(25,26)14-6-4-13(21)5-7-14/h4-7,12H,3,8-11H2,1-2H3,(H,22,23)/t12-/m0/s1. The van der Waals surface area contributed by atoms with Gasteiger partial charge in [-0.3, -0.25) is 4.79 Å². The molecule has 0 saturated carbocycles. The Morgan fingerprint density at radius 1 is 1.28 bits per heavy atom. The lowest BCUT2D eigenvalue weighted by molar-refractivity contribution is -0.115. The van der Waals surface area contributed by atoms with Crippen molar-refractivity contribution in [2.24, 2.45) is 5.92 Å². The van der Waals surface area contributed by atoms with Crippen LogP contribution in [0.1, 0.15) is 40.6 Å². The third-order valence-corrected chi connectivity index (χ3v) is 8.08. The van der Waals surface area contributed by atoms with E-state index in [0.29, 0.717) is 21.5 Å². The third kappa shape index (κ3) is 4.99. The van der Waals surface area contributed by atoms with E-state index in [0.717, 1.165) is 29.7 Å². The molecular formula is C20H22ClNO5S2. The van der Waals surface area contributed by atoms with Crippen molar-refractivity contribution in [2.45, 2.75) is 37.5 Å². The van der Waals surface area contributed by atoms with Crippen molar-refractivity contribution in [3.63, 3.8) is 0 Å².